The number of hydrogen-bond acceptors (Lipinski definition) is 4. The van der Waals surface area contributed by atoms with Crippen molar-refractivity contribution >= 4 is 17.5 Å². The van der Waals surface area contributed by atoms with E-state index in [9.17, 15) is 4.79 Å². The first-order chi connectivity index (χ1) is 8.69. The lowest BCUT2D eigenvalue weighted by atomic mass is 10.1. The summed E-state index contributed by atoms with van der Waals surface area (Å²) in [6.45, 7) is 3.15. The summed E-state index contributed by atoms with van der Waals surface area (Å²) in [4.78, 5) is 21.5. The lowest BCUT2D eigenvalue weighted by Crippen LogP contribution is -2.45. The number of hydrogen-bond donors (Lipinski definition) is 0. The van der Waals surface area contributed by atoms with E-state index >= 15 is 0 Å². The van der Waals surface area contributed by atoms with E-state index in [0.29, 0.717) is 18.2 Å². The number of nitrogens with zero attached hydrogens (tertiary/aromatic N) is 3. The van der Waals surface area contributed by atoms with Gasteiger partial charge < -0.3 is 9.64 Å². The average Bonchev–Trinajstić information content (AvgIpc) is 2.38. The number of likely N-dealkylation sites (tertiary alicyclic amines) is 1. The minimum atomic E-state index is -0.0381. The summed E-state index contributed by atoms with van der Waals surface area (Å²) in [7, 11) is 0. The van der Waals surface area contributed by atoms with Crippen LogP contribution < -0.4 is 4.74 Å². The summed E-state index contributed by atoms with van der Waals surface area (Å²) in [5, 5.41) is 0. The second kappa shape index (κ2) is 6.00. The Bertz CT molecular complexity index is 428. The molecule has 0 N–H and O–H groups in total. The van der Waals surface area contributed by atoms with E-state index in [4.69, 9.17) is 16.3 Å². The lowest BCUT2D eigenvalue weighted by Gasteiger charge is -2.32. The minimum Gasteiger partial charge on any atom is -0.472 e. The molecular weight excluding hydrogens is 254 g/mol. The van der Waals surface area contributed by atoms with Gasteiger partial charge in [-0.2, -0.15) is 4.98 Å². The SMILES string of the molecule is Cc1nccc(OC2CCCN(C(=O)CCl)C2)n1. The Morgan fingerprint density at radius 1 is 1.67 bits per heavy atom. The van der Waals surface area contributed by atoms with Gasteiger partial charge in [-0.15, -0.1) is 11.6 Å². The Morgan fingerprint density at radius 3 is 3.22 bits per heavy atom. The van der Waals surface area contributed by atoms with Crippen molar-refractivity contribution in [3.63, 3.8) is 0 Å². The minimum absolute atomic E-state index is 0.0137. The number of amides is 1. The van der Waals surface area contributed by atoms with Crippen molar-refractivity contribution < 1.29 is 9.53 Å². The molecule has 0 bridgehead atoms. The molecule has 2 rings (SSSR count). The standard InChI is InChI=1S/C12H16ClN3O2/c1-9-14-5-4-11(15-9)18-10-3-2-6-16(8-10)12(17)7-13/h4-5,10H,2-3,6-8H2,1H3. The molecule has 1 atom stereocenters. The smallest absolute Gasteiger partial charge is 0.237 e. The van der Waals surface area contributed by atoms with Gasteiger partial charge >= 0.3 is 0 Å². The van der Waals surface area contributed by atoms with Gasteiger partial charge in [-0.3, -0.25) is 4.79 Å². The van der Waals surface area contributed by atoms with E-state index in [1.165, 1.54) is 0 Å². The maximum Gasteiger partial charge on any atom is 0.237 e. The van der Waals surface area contributed by atoms with Gasteiger partial charge in [0.1, 0.15) is 17.8 Å². The highest BCUT2D eigenvalue weighted by atomic mass is 35.5. The first kappa shape index (κ1) is 13.1. The molecule has 1 fully saturated rings. The van der Waals surface area contributed by atoms with E-state index in [1.54, 1.807) is 17.2 Å². The van der Waals surface area contributed by atoms with Crippen molar-refractivity contribution in [2.45, 2.75) is 25.9 Å². The van der Waals surface area contributed by atoms with E-state index < -0.39 is 0 Å². The van der Waals surface area contributed by atoms with Gasteiger partial charge in [-0.05, 0) is 19.8 Å². The van der Waals surface area contributed by atoms with Crippen LogP contribution in [0, 0.1) is 6.92 Å². The van der Waals surface area contributed by atoms with Gasteiger partial charge in [-0.25, -0.2) is 4.98 Å². The zero-order valence-electron chi connectivity index (χ0n) is 10.3. The number of halogens is 1. The molecule has 1 aliphatic heterocycles. The molecule has 1 amide bonds. The Kier molecular flexibility index (Phi) is 4.36. The largest absolute Gasteiger partial charge is 0.472 e. The average molecular weight is 270 g/mol. The van der Waals surface area contributed by atoms with Crippen LogP contribution >= 0.6 is 11.6 Å². The van der Waals surface area contributed by atoms with E-state index in [-0.39, 0.29) is 17.9 Å². The summed E-state index contributed by atoms with van der Waals surface area (Å²) in [5.74, 6) is 1.23. The molecular formula is C12H16ClN3O2. The van der Waals surface area contributed by atoms with Crippen molar-refractivity contribution in [3.8, 4) is 5.88 Å². The maximum atomic E-state index is 11.5. The molecule has 0 spiro atoms. The number of piperidine rings is 1. The van der Waals surface area contributed by atoms with Crippen LogP contribution in [0.2, 0.25) is 0 Å². The van der Waals surface area contributed by atoms with Crippen molar-refractivity contribution in [2.75, 3.05) is 19.0 Å². The molecule has 0 radical (unpaired) electrons. The molecule has 1 aliphatic rings. The van der Waals surface area contributed by atoms with Gasteiger partial charge in [0.15, 0.2) is 0 Å². The fourth-order valence-electron chi connectivity index (χ4n) is 2.02. The van der Waals surface area contributed by atoms with Crippen molar-refractivity contribution in [2.24, 2.45) is 0 Å². The van der Waals surface area contributed by atoms with E-state index in [1.807, 2.05) is 6.92 Å². The summed E-state index contributed by atoms with van der Waals surface area (Å²) in [6, 6.07) is 1.73. The van der Waals surface area contributed by atoms with Crippen LogP contribution in [0.4, 0.5) is 0 Å². The number of ether oxygens (including phenoxy) is 1. The highest BCUT2D eigenvalue weighted by molar-refractivity contribution is 6.27. The molecule has 2 heterocycles. The lowest BCUT2D eigenvalue weighted by molar-refractivity contribution is -0.131. The predicted octanol–water partition coefficient (Wildman–Crippen LogP) is 1.39. The number of alkyl halides is 1. The van der Waals surface area contributed by atoms with Crippen LogP contribution in [0.25, 0.3) is 0 Å². The molecule has 1 aromatic rings. The molecule has 1 saturated heterocycles. The van der Waals surface area contributed by atoms with Crippen LogP contribution in [-0.4, -0.2) is 45.8 Å². The molecule has 0 aliphatic carbocycles. The van der Waals surface area contributed by atoms with E-state index in [2.05, 4.69) is 9.97 Å². The fourth-order valence-corrected chi connectivity index (χ4v) is 2.19. The number of rotatable bonds is 3. The van der Waals surface area contributed by atoms with Crippen LogP contribution in [0.15, 0.2) is 12.3 Å². The van der Waals surface area contributed by atoms with Crippen molar-refractivity contribution in [3.05, 3.63) is 18.1 Å². The fraction of sp³-hybridized carbons (Fsp3) is 0.583. The van der Waals surface area contributed by atoms with Crippen molar-refractivity contribution in [1.82, 2.24) is 14.9 Å². The van der Waals surface area contributed by atoms with Gasteiger partial charge in [-0.1, -0.05) is 0 Å². The molecule has 6 heteroatoms. The number of aryl methyl sites for hydroxylation is 1. The van der Waals surface area contributed by atoms with Gasteiger partial charge in [0.25, 0.3) is 0 Å². The van der Waals surface area contributed by atoms with Gasteiger partial charge in [0, 0.05) is 18.8 Å². The molecule has 0 aromatic carbocycles. The number of aromatic nitrogens is 2. The summed E-state index contributed by atoms with van der Waals surface area (Å²) < 4.78 is 5.77. The number of carbonyl (C=O) groups excluding carboxylic acids is 1. The second-order valence-corrected chi connectivity index (χ2v) is 4.56. The third kappa shape index (κ3) is 3.32. The second-order valence-electron chi connectivity index (χ2n) is 4.30. The monoisotopic (exact) mass is 269 g/mol. The van der Waals surface area contributed by atoms with Crippen molar-refractivity contribution in [1.29, 1.82) is 0 Å². The first-order valence-corrected chi connectivity index (χ1v) is 6.52. The highest BCUT2D eigenvalue weighted by Gasteiger charge is 2.24. The van der Waals surface area contributed by atoms with Crippen LogP contribution in [0.3, 0.4) is 0 Å². The Morgan fingerprint density at radius 2 is 2.50 bits per heavy atom. The summed E-state index contributed by atoms with van der Waals surface area (Å²) in [6.07, 6.45) is 3.51. The first-order valence-electron chi connectivity index (χ1n) is 5.99. The quantitative estimate of drug-likeness (QED) is 0.778. The Hall–Kier alpha value is -1.36. The normalized spacial score (nSPS) is 19.7. The molecule has 98 valence electrons. The topological polar surface area (TPSA) is 55.3 Å². The number of carbonyl (C=O) groups is 1. The van der Waals surface area contributed by atoms with Gasteiger partial charge in [0.2, 0.25) is 11.8 Å². The maximum absolute atomic E-state index is 11.5. The Labute approximate surface area is 111 Å². The zero-order chi connectivity index (χ0) is 13.0. The van der Waals surface area contributed by atoms with E-state index in [0.717, 1.165) is 19.4 Å². The van der Waals surface area contributed by atoms with Crippen LogP contribution in [0.1, 0.15) is 18.7 Å². The van der Waals surface area contributed by atoms with Crippen LogP contribution in [-0.2, 0) is 4.79 Å². The van der Waals surface area contributed by atoms with Crippen LogP contribution in [0.5, 0.6) is 5.88 Å². The molecule has 5 nitrogen and oxygen atoms in total. The third-order valence-corrected chi connectivity index (χ3v) is 3.11. The third-order valence-electron chi connectivity index (χ3n) is 2.88. The molecule has 18 heavy (non-hydrogen) atoms. The molecule has 0 saturated carbocycles. The molecule has 1 unspecified atom stereocenters. The Balaban J connectivity index is 1.95. The summed E-state index contributed by atoms with van der Waals surface area (Å²) in [5.41, 5.74) is 0. The zero-order valence-corrected chi connectivity index (χ0v) is 11.1. The highest BCUT2D eigenvalue weighted by Crippen LogP contribution is 2.16. The summed E-state index contributed by atoms with van der Waals surface area (Å²) >= 11 is 5.56. The predicted molar refractivity (Wildman–Crippen MR) is 67.7 cm³/mol. The molecule has 1 aromatic heterocycles. The van der Waals surface area contributed by atoms with Gasteiger partial charge in [0.05, 0.1) is 6.54 Å².